The van der Waals surface area contributed by atoms with Crippen LogP contribution in [0.5, 0.6) is 5.75 Å². The zero-order chi connectivity index (χ0) is 19.4. The van der Waals surface area contributed by atoms with Crippen molar-refractivity contribution in [1.29, 1.82) is 0 Å². The highest BCUT2D eigenvalue weighted by Gasteiger charge is 2.13. The molecule has 0 unspecified atom stereocenters. The number of ether oxygens (including phenoxy) is 1. The summed E-state index contributed by atoms with van der Waals surface area (Å²) in [5, 5.41) is 8.17. The van der Waals surface area contributed by atoms with Crippen molar-refractivity contribution >= 4 is 23.5 Å². The van der Waals surface area contributed by atoms with E-state index in [1.165, 1.54) is 37.7 Å². The van der Waals surface area contributed by atoms with Crippen LogP contribution in [-0.2, 0) is 6.42 Å². The molecule has 0 aromatic heterocycles. The van der Waals surface area contributed by atoms with Gasteiger partial charge in [0.1, 0.15) is 5.75 Å². The van der Waals surface area contributed by atoms with E-state index in [2.05, 4.69) is 40.1 Å². The normalized spacial score (nSPS) is 14.7. The van der Waals surface area contributed by atoms with Gasteiger partial charge in [0.25, 0.3) is 0 Å². The van der Waals surface area contributed by atoms with E-state index >= 15 is 0 Å². The first-order valence-corrected chi connectivity index (χ1v) is 10.6. The molecular formula is C23H29N3OS. The molecule has 0 bridgehead atoms. The van der Waals surface area contributed by atoms with E-state index in [0.29, 0.717) is 17.8 Å². The van der Waals surface area contributed by atoms with Crippen LogP contribution >= 0.6 is 12.2 Å². The molecule has 1 aliphatic carbocycles. The van der Waals surface area contributed by atoms with Crippen LogP contribution in [0.15, 0.2) is 59.7 Å². The molecule has 0 radical (unpaired) electrons. The maximum absolute atomic E-state index is 5.82. The predicted molar refractivity (Wildman–Crippen MR) is 120 cm³/mol. The topological polar surface area (TPSA) is 45.7 Å². The van der Waals surface area contributed by atoms with Crippen molar-refractivity contribution in [2.75, 3.05) is 6.61 Å². The number of aryl methyl sites for hydroxylation is 1. The maximum atomic E-state index is 5.82. The molecule has 3 rings (SSSR count). The molecule has 0 spiro atoms. The summed E-state index contributed by atoms with van der Waals surface area (Å²) >= 11 is 5.31. The minimum atomic E-state index is 0.488. The van der Waals surface area contributed by atoms with Crippen LogP contribution in [0.4, 0.5) is 0 Å². The lowest BCUT2D eigenvalue weighted by molar-refractivity contribution is 0.311. The first kappa shape index (κ1) is 20.3. The number of nitrogens with zero attached hydrogens (tertiary/aromatic N) is 1. The van der Waals surface area contributed by atoms with Crippen LogP contribution in [0, 0.1) is 0 Å². The molecule has 2 N–H and O–H groups in total. The van der Waals surface area contributed by atoms with Gasteiger partial charge in [-0.25, -0.2) is 0 Å². The van der Waals surface area contributed by atoms with Gasteiger partial charge in [-0.1, -0.05) is 49.6 Å². The van der Waals surface area contributed by atoms with Crippen LogP contribution < -0.4 is 15.5 Å². The second kappa shape index (κ2) is 11.4. The third-order valence-electron chi connectivity index (χ3n) is 4.92. The van der Waals surface area contributed by atoms with E-state index in [1.807, 2.05) is 30.3 Å². The quantitative estimate of drug-likeness (QED) is 0.291. The standard InChI is InChI=1S/C23H29N3OS/c28-23(25-21-11-5-2-6-12-21)26-24-18-20-13-15-22(16-14-20)27-17-7-10-19-8-3-1-4-9-19/h1,3-4,8-9,13-16,18,21H,2,5-7,10-12,17H2,(H2,25,26,28)/b24-18-. The second-order valence-electron chi connectivity index (χ2n) is 7.19. The summed E-state index contributed by atoms with van der Waals surface area (Å²) in [6.45, 7) is 0.713. The molecule has 28 heavy (non-hydrogen) atoms. The average Bonchev–Trinajstić information content (AvgIpc) is 2.74. The van der Waals surface area contributed by atoms with Gasteiger partial charge >= 0.3 is 0 Å². The number of nitrogens with one attached hydrogen (secondary N) is 2. The Morgan fingerprint density at radius 2 is 1.79 bits per heavy atom. The molecule has 0 atom stereocenters. The van der Waals surface area contributed by atoms with Crippen molar-refractivity contribution < 1.29 is 4.74 Å². The Labute approximate surface area is 173 Å². The lowest BCUT2D eigenvalue weighted by Crippen LogP contribution is -2.40. The SMILES string of the molecule is S=C(N/N=C\c1ccc(OCCCc2ccccc2)cc1)NC1CCCCC1. The summed E-state index contributed by atoms with van der Waals surface area (Å²) in [6, 6.07) is 18.9. The molecule has 4 nitrogen and oxygen atoms in total. The van der Waals surface area contributed by atoms with E-state index in [4.69, 9.17) is 17.0 Å². The van der Waals surface area contributed by atoms with Crippen molar-refractivity contribution in [3.05, 3.63) is 65.7 Å². The zero-order valence-electron chi connectivity index (χ0n) is 16.3. The first-order chi connectivity index (χ1) is 13.8. The van der Waals surface area contributed by atoms with Gasteiger partial charge in [0, 0.05) is 6.04 Å². The Morgan fingerprint density at radius 1 is 1.04 bits per heavy atom. The molecule has 0 aliphatic heterocycles. The number of thiocarbonyl (C=S) groups is 1. The Hall–Kier alpha value is -2.40. The molecule has 1 fully saturated rings. The maximum Gasteiger partial charge on any atom is 0.187 e. The summed E-state index contributed by atoms with van der Waals surface area (Å²) in [7, 11) is 0. The van der Waals surface area contributed by atoms with Crippen LogP contribution in [0.25, 0.3) is 0 Å². The van der Waals surface area contributed by atoms with Gasteiger partial charge < -0.3 is 10.1 Å². The van der Waals surface area contributed by atoms with Crippen molar-refractivity contribution in [2.45, 2.75) is 51.0 Å². The molecule has 2 aromatic rings. The van der Waals surface area contributed by atoms with Gasteiger partial charge in [0.15, 0.2) is 5.11 Å². The third-order valence-corrected chi connectivity index (χ3v) is 5.13. The lowest BCUT2D eigenvalue weighted by atomic mass is 9.96. The molecule has 0 amide bonds. The fourth-order valence-corrected chi connectivity index (χ4v) is 3.61. The minimum absolute atomic E-state index is 0.488. The van der Waals surface area contributed by atoms with Crippen molar-refractivity contribution in [2.24, 2.45) is 5.10 Å². The number of hydrogen-bond acceptors (Lipinski definition) is 3. The van der Waals surface area contributed by atoms with Gasteiger partial charge in [0.2, 0.25) is 0 Å². The first-order valence-electron chi connectivity index (χ1n) is 10.2. The predicted octanol–water partition coefficient (Wildman–Crippen LogP) is 4.83. The molecular weight excluding hydrogens is 366 g/mol. The van der Waals surface area contributed by atoms with Gasteiger partial charge in [0.05, 0.1) is 12.8 Å². The highest BCUT2D eigenvalue weighted by Crippen LogP contribution is 2.17. The number of benzene rings is 2. The molecule has 2 aromatic carbocycles. The molecule has 5 heteroatoms. The van der Waals surface area contributed by atoms with E-state index in [9.17, 15) is 0 Å². The monoisotopic (exact) mass is 395 g/mol. The summed E-state index contributed by atoms with van der Waals surface area (Å²) in [6.07, 6.45) is 10.1. The lowest BCUT2D eigenvalue weighted by Gasteiger charge is -2.23. The van der Waals surface area contributed by atoms with E-state index in [1.54, 1.807) is 6.21 Å². The van der Waals surface area contributed by atoms with E-state index in [0.717, 1.165) is 24.2 Å². The Bertz CT molecular complexity index is 740. The smallest absolute Gasteiger partial charge is 0.187 e. The second-order valence-corrected chi connectivity index (χ2v) is 7.59. The van der Waals surface area contributed by atoms with Gasteiger partial charge in [-0.2, -0.15) is 5.10 Å². The molecule has 0 saturated heterocycles. The van der Waals surface area contributed by atoms with Gasteiger partial charge in [-0.3, -0.25) is 5.43 Å². The van der Waals surface area contributed by atoms with Crippen LogP contribution in [0.3, 0.4) is 0 Å². The van der Waals surface area contributed by atoms with Crippen molar-refractivity contribution in [3.63, 3.8) is 0 Å². The van der Waals surface area contributed by atoms with Crippen LogP contribution in [-0.4, -0.2) is 24.0 Å². The number of hydrogen-bond donors (Lipinski definition) is 2. The molecule has 148 valence electrons. The molecule has 1 saturated carbocycles. The molecule has 1 aliphatic rings. The highest BCUT2D eigenvalue weighted by molar-refractivity contribution is 7.80. The van der Waals surface area contributed by atoms with Gasteiger partial charge in [-0.05, 0) is 73.3 Å². The summed E-state index contributed by atoms with van der Waals surface area (Å²) in [5.74, 6) is 0.882. The largest absolute Gasteiger partial charge is 0.494 e. The van der Waals surface area contributed by atoms with Crippen LogP contribution in [0.2, 0.25) is 0 Å². The fraction of sp³-hybridized carbons (Fsp3) is 0.391. The Kier molecular flexibility index (Phi) is 8.31. The van der Waals surface area contributed by atoms with Gasteiger partial charge in [-0.15, -0.1) is 0 Å². The third kappa shape index (κ3) is 7.31. The van der Waals surface area contributed by atoms with Crippen molar-refractivity contribution in [1.82, 2.24) is 10.7 Å². The van der Waals surface area contributed by atoms with E-state index in [-0.39, 0.29) is 0 Å². The summed E-state index contributed by atoms with van der Waals surface area (Å²) in [5.41, 5.74) is 5.26. The number of rotatable bonds is 8. The van der Waals surface area contributed by atoms with Crippen LogP contribution in [0.1, 0.15) is 49.7 Å². The minimum Gasteiger partial charge on any atom is -0.494 e. The van der Waals surface area contributed by atoms with Crippen molar-refractivity contribution in [3.8, 4) is 5.75 Å². The summed E-state index contributed by atoms with van der Waals surface area (Å²) < 4.78 is 5.82. The number of hydrazone groups is 1. The Balaban J connectivity index is 1.34. The summed E-state index contributed by atoms with van der Waals surface area (Å²) in [4.78, 5) is 0. The average molecular weight is 396 g/mol. The van der Waals surface area contributed by atoms with E-state index < -0.39 is 0 Å². The Morgan fingerprint density at radius 3 is 2.54 bits per heavy atom. The molecule has 0 heterocycles. The zero-order valence-corrected chi connectivity index (χ0v) is 17.1. The fourth-order valence-electron chi connectivity index (χ4n) is 3.39. The highest BCUT2D eigenvalue weighted by atomic mass is 32.1.